The largest absolute Gasteiger partial charge is 0.501 e. The second kappa shape index (κ2) is 4.34. The first-order valence-electron chi connectivity index (χ1n) is 4.75. The van der Waals surface area contributed by atoms with Gasteiger partial charge in [-0.05, 0) is 17.3 Å². The van der Waals surface area contributed by atoms with Gasteiger partial charge in [0.25, 0.3) is 5.56 Å². The van der Waals surface area contributed by atoms with Crippen LogP contribution < -0.4 is 5.56 Å². The number of benzene rings is 1. The number of halogens is 4. The molecule has 0 amide bonds. The minimum Gasteiger partial charge on any atom is -0.501 e. The molecule has 0 unspecified atom stereocenters. The quantitative estimate of drug-likeness (QED) is 0.783. The van der Waals surface area contributed by atoms with E-state index in [1.54, 1.807) is 0 Å². The van der Waals surface area contributed by atoms with E-state index >= 15 is 0 Å². The molecule has 1 heterocycles. The molecule has 0 saturated carbocycles. The third-order valence-electron chi connectivity index (χ3n) is 2.45. The number of rotatable bonds is 1. The highest BCUT2D eigenvalue weighted by molar-refractivity contribution is 9.10. The Bertz CT molecular complexity index is 739. The molecule has 2 N–H and O–H groups in total. The normalized spacial score (nSPS) is 11.8. The van der Waals surface area contributed by atoms with Gasteiger partial charge >= 0.3 is 6.18 Å². The lowest BCUT2D eigenvalue weighted by Crippen LogP contribution is -2.11. The SMILES string of the molecule is O=Nc1c(O)c(=O)[nH]c2ccc(Br)c(C(F)(F)F)c12. The predicted molar refractivity (Wildman–Crippen MR) is 64.4 cm³/mol. The molecule has 2 aromatic rings. The molecule has 0 radical (unpaired) electrons. The van der Waals surface area contributed by atoms with Crippen LogP contribution in [0.5, 0.6) is 5.75 Å². The van der Waals surface area contributed by atoms with Gasteiger partial charge in [0.05, 0.1) is 11.1 Å². The molecule has 5 nitrogen and oxygen atoms in total. The number of aromatic nitrogens is 1. The molecule has 0 aliphatic rings. The van der Waals surface area contributed by atoms with Gasteiger partial charge in [-0.2, -0.15) is 13.2 Å². The number of aromatic hydroxyl groups is 1. The monoisotopic (exact) mass is 336 g/mol. The molecule has 0 spiro atoms. The molecule has 0 aliphatic carbocycles. The lowest BCUT2D eigenvalue weighted by Gasteiger charge is -2.13. The van der Waals surface area contributed by atoms with Gasteiger partial charge < -0.3 is 10.1 Å². The molecule has 0 aliphatic heterocycles. The minimum absolute atomic E-state index is 0.243. The molecule has 1 aromatic heterocycles. The van der Waals surface area contributed by atoms with E-state index in [-0.39, 0.29) is 9.99 Å². The van der Waals surface area contributed by atoms with Crippen LogP contribution in [0.1, 0.15) is 5.56 Å². The average molecular weight is 337 g/mol. The first kappa shape index (κ1) is 13.5. The van der Waals surface area contributed by atoms with Crippen molar-refractivity contribution in [3.63, 3.8) is 0 Å². The molecule has 0 saturated heterocycles. The van der Waals surface area contributed by atoms with Crippen LogP contribution in [-0.2, 0) is 6.18 Å². The second-order valence-electron chi connectivity index (χ2n) is 3.59. The zero-order valence-corrected chi connectivity index (χ0v) is 10.5. The summed E-state index contributed by atoms with van der Waals surface area (Å²) >= 11 is 2.72. The molecule has 100 valence electrons. The van der Waals surface area contributed by atoms with E-state index in [0.29, 0.717) is 0 Å². The Morgan fingerprint density at radius 1 is 1.32 bits per heavy atom. The molecule has 0 fully saturated rings. The highest BCUT2D eigenvalue weighted by Crippen LogP contribution is 2.44. The molecule has 19 heavy (non-hydrogen) atoms. The zero-order chi connectivity index (χ0) is 14.4. The van der Waals surface area contributed by atoms with E-state index in [1.807, 2.05) is 4.98 Å². The van der Waals surface area contributed by atoms with Gasteiger partial charge in [-0.1, -0.05) is 15.9 Å². The first-order chi connectivity index (χ1) is 8.77. The smallest absolute Gasteiger partial charge is 0.418 e. The molecular weight excluding hydrogens is 333 g/mol. The number of nitrogens with zero attached hydrogens (tertiary/aromatic N) is 1. The summed E-state index contributed by atoms with van der Waals surface area (Å²) in [5.41, 5.74) is -3.45. The second-order valence-corrected chi connectivity index (χ2v) is 4.44. The van der Waals surface area contributed by atoms with Gasteiger partial charge in [0.15, 0.2) is 5.69 Å². The maximum absolute atomic E-state index is 13.0. The predicted octanol–water partition coefficient (Wildman–Crippen LogP) is 3.41. The fourth-order valence-electron chi connectivity index (χ4n) is 1.70. The van der Waals surface area contributed by atoms with Crippen molar-refractivity contribution in [2.45, 2.75) is 6.18 Å². The maximum atomic E-state index is 13.0. The van der Waals surface area contributed by atoms with Gasteiger partial charge in [-0.3, -0.25) is 4.79 Å². The number of pyridine rings is 1. The molecule has 9 heteroatoms. The molecule has 2 rings (SSSR count). The molecule has 0 bridgehead atoms. The van der Waals surface area contributed by atoms with E-state index < -0.39 is 34.1 Å². The van der Waals surface area contributed by atoms with Crippen molar-refractivity contribution in [2.75, 3.05) is 0 Å². The maximum Gasteiger partial charge on any atom is 0.418 e. The number of fused-ring (bicyclic) bond motifs is 1. The van der Waals surface area contributed by atoms with Crippen molar-refractivity contribution in [1.29, 1.82) is 0 Å². The van der Waals surface area contributed by atoms with Crippen LogP contribution in [0.3, 0.4) is 0 Å². The third kappa shape index (κ3) is 2.09. The third-order valence-corrected chi connectivity index (χ3v) is 3.11. The average Bonchev–Trinajstić information content (AvgIpc) is 2.30. The Morgan fingerprint density at radius 2 is 1.95 bits per heavy atom. The highest BCUT2D eigenvalue weighted by Gasteiger charge is 2.37. The Labute approximate surface area is 111 Å². The summed E-state index contributed by atoms with van der Waals surface area (Å²) in [7, 11) is 0. The standard InChI is InChI=1S/C10H4BrF3N2O3/c11-3-1-2-4-5(6(3)10(12,13)14)7(16-19)8(17)9(18)15-4/h1-2,17H,(H,15,18). The summed E-state index contributed by atoms with van der Waals surface area (Å²) in [5.74, 6) is -1.15. The van der Waals surface area contributed by atoms with Crippen molar-refractivity contribution >= 4 is 32.5 Å². The fourth-order valence-corrected chi connectivity index (χ4v) is 2.26. The van der Waals surface area contributed by atoms with Crippen LogP contribution in [0.2, 0.25) is 0 Å². The van der Waals surface area contributed by atoms with Crippen molar-refractivity contribution in [3.05, 3.63) is 37.4 Å². The summed E-state index contributed by atoms with van der Waals surface area (Å²) in [6.45, 7) is 0. The number of hydrogen-bond donors (Lipinski definition) is 2. The van der Waals surface area contributed by atoms with Crippen LogP contribution >= 0.6 is 15.9 Å². The Balaban J connectivity index is 3.12. The number of nitroso groups, excluding NO2 is 1. The van der Waals surface area contributed by atoms with Crippen LogP contribution in [-0.4, -0.2) is 10.1 Å². The zero-order valence-electron chi connectivity index (χ0n) is 8.88. The molecule has 1 aromatic carbocycles. The van der Waals surface area contributed by atoms with E-state index in [2.05, 4.69) is 21.1 Å². The highest BCUT2D eigenvalue weighted by atomic mass is 79.9. The van der Waals surface area contributed by atoms with Gasteiger partial charge in [-0.25, -0.2) is 0 Å². The number of aromatic amines is 1. The van der Waals surface area contributed by atoms with E-state index in [9.17, 15) is 28.0 Å². The number of alkyl halides is 3. The Morgan fingerprint density at radius 3 is 2.47 bits per heavy atom. The van der Waals surface area contributed by atoms with Crippen LogP contribution in [0.25, 0.3) is 10.9 Å². The van der Waals surface area contributed by atoms with Gasteiger partial charge in [0.2, 0.25) is 5.75 Å². The summed E-state index contributed by atoms with van der Waals surface area (Å²) < 4.78 is 38.6. The number of nitrogens with one attached hydrogen (secondary N) is 1. The van der Waals surface area contributed by atoms with E-state index in [4.69, 9.17) is 0 Å². The fraction of sp³-hybridized carbons (Fsp3) is 0.100. The summed E-state index contributed by atoms with van der Waals surface area (Å²) in [6, 6.07) is 2.25. The minimum atomic E-state index is -4.79. The topological polar surface area (TPSA) is 82.5 Å². The Hall–Kier alpha value is -1.90. The van der Waals surface area contributed by atoms with Crippen LogP contribution in [0, 0.1) is 4.91 Å². The first-order valence-corrected chi connectivity index (χ1v) is 5.54. The Kier molecular flexibility index (Phi) is 3.09. The van der Waals surface area contributed by atoms with Crippen LogP contribution in [0.4, 0.5) is 18.9 Å². The molecular formula is C10H4BrF3N2O3. The summed E-state index contributed by atoms with van der Waals surface area (Å²) in [4.78, 5) is 23.9. The lowest BCUT2D eigenvalue weighted by atomic mass is 10.1. The van der Waals surface area contributed by atoms with Crippen LogP contribution in [0.15, 0.2) is 26.6 Å². The number of hydrogen-bond acceptors (Lipinski definition) is 4. The van der Waals surface area contributed by atoms with Crippen molar-refractivity contribution in [2.24, 2.45) is 5.18 Å². The van der Waals surface area contributed by atoms with Crippen molar-refractivity contribution in [3.8, 4) is 5.75 Å². The lowest BCUT2D eigenvalue weighted by molar-refractivity contribution is -0.136. The van der Waals surface area contributed by atoms with Crippen molar-refractivity contribution < 1.29 is 18.3 Å². The van der Waals surface area contributed by atoms with Gasteiger partial charge in [0, 0.05) is 9.86 Å². The van der Waals surface area contributed by atoms with Crippen molar-refractivity contribution in [1.82, 2.24) is 4.98 Å². The summed E-state index contributed by atoms with van der Waals surface area (Å²) in [6.07, 6.45) is -4.79. The van der Waals surface area contributed by atoms with E-state index in [1.165, 1.54) is 6.07 Å². The summed E-state index contributed by atoms with van der Waals surface area (Å²) in [5, 5.41) is 11.0. The number of H-pyrrole nitrogens is 1. The van der Waals surface area contributed by atoms with Gasteiger partial charge in [0.1, 0.15) is 0 Å². The van der Waals surface area contributed by atoms with E-state index in [0.717, 1.165) is 6.07 Å². The van der Waals surface area contributed by atoms with Gasteiger partial charge in [-0.15, -0.1) is 4.91 Å². The molecule has 0 atom stereocenters.